The quantitative estimate of drug-likeness (QED) is 0.842. The van der Waals surface area contributed by atoms with Gasteiger partial charge in [0.15, 0.2) is 10.0 Å². The highest BCUT2D eigenvalue weighted by Crippen LogP contribution is 2.14. The summed E-state index contributed by atoms with van der Waals surface area (Å²) in [5.74, 6) is -0.0953. The third-order valence-electron chi connectivity index (χ3n) is 3.30. The minimum absolute atomic E-state index is 0.0476. The van der Waals surface area contributed by atoms with Gasteiger partial charge in [-0.15, -0.1) is 22.7 Å². The van der Waals surface area contributed by atoms with Crippen molar-refractivity contribution in [2.24, 2.45) is 0 Å². The second-order valence-corrected chi connectivity index (χ2v) is 6.40. The number of carbonyl (C=O) groups excluding carboxylic acids is 2. The standard InChI is InChI=1S/C13H14N4O2S2/c18-12(10-14-2-8-20-10)16-4-1-5-17(7-6-16)13(19)11-15-3-9-21-11/h2-3,8-9H,1,4-7H2. The van der Waals surface area contributed by atoms with E-state index < -0.39 is 0 Å². The van der Waals surface area contributed by atoms with Crippen molar-refractivity contribution in [1.29, 1.82) is 0 Å². The molecule has 0 aliphatic carbocycles. The molecule has 2 amide bonds. The lowest BCUT2D eigenvalue weighted by atomic mass is 10.3. The lowest BCUT2D eigenvalue weighted by Gasteiger charge is -2.20. The number of rotatable bonds is 2. The summed E-state index contributed by atoms with van der Waals surface area (Å²) in [6.07, 6.45) is 4.04. The largest absolute Gasteiger partial charge is 0.335 e. The Hall–Kier alpha value is -1.80. The van der Waals surface area contributed by atoms with Crippen molar-refractivity contribution in [3.8, 4) is 0 Å². The van der Waals surface area contributed by atoms with Crippen molar-refractivity contribution in [1.82, 2.24) is 19.8 Å². The minimum Gasteiger partial charge on any atom is -0.335 e. The number of carbonyl (C=O) groups is 2. The SMILES string of the molecule is O=C(c1nccs1)N1CCCN(C(=O)c2nccs2)CC1. The molecule has 0 radical (unpaired) electrons. The van der Waals surface area contributed by atoms with Gasteiger partial charge in [-0.05, 0) is 6.42 Å². The third-order valence-corrected chi connectivity index (χ3v) is 4.82. The molecule has 1 saturated heterocycles. The van der Waals surface area contributed by atoms with Crippen LogP contribution in [0.2, 0.25) is 0 Å². The van der Waals surface area contributed by atoms with E-state index >= 15 is 0 Å². The molecule has 3 rings (SSSR count). The Morgan fingerprint density at radius 2 is 1.33 bits per heavy atom. The molecule has 0 atom stereocenters. The fourth-order valence-corrected chi connectivity index (χ4v) is 3.46. The van der Waals surface area contributed by atoms with E-state index in [0.29, 0.717) is 36.2 Å². The van der Waals surface area contributed by atoms with E-state index in [9.17, 15) is 9.59 Å². The summed E-state index contributed by atoms with van der Waals surface area (Å²) < 4.78 is 0. The molecule has 0 spiro atoms. The molecule has 6 nitrogen and oxygen atoms in total. The predicted octanol–water partition coefficient (Wildman–Crippen LogP) is 1.59. The predicted molar refractivity (Wildman–Crippen MR) is 80.7 cm³/mol. The molecule has 0 N–H and O–H groups in total. The Kier molecular flexibility index (Phi) is 4.26. The monoisotopic (exact) mass is 322 g/mol. The number of hydrogen-bond donors (Lipinski definition) is 0. The van der Waals surface area contributed by atoms with Crippen molar-refractivity contribution in [2.45, 2.75) is 6.42 Å². The summed E-state index contributed by atoms with van der Waals surface area (Å²) in [6.45, 7) is 2.38. The van der Waals surface area contributed by atoms with Crippen molar-refractivity contribution in [3.05, 3.63) is 33.2 Å². The Balaban J connectivity index is 1.64. The van der Waals surface area contributed by atoms with Crippen molar-refractivity contribution in [2.75, 3.05) is 26.2 Å². The molecule has 0 unspecified atom stereocenters. The highest BCUT2D eigenvalue weighted by molar-refractivity contribution is 7.11. The fraction of sp³-hybridized carbons (Fsp3) is 0.385. The van der Waals surface area contributed by atoms with Gasteiger partial charge in [0.25, 0.3) is 11.8 Å². The van der Waals surface area contributed by atoms with E-state index in [1.807, 2.05) is 0 Å². The molecule has 8 heteroatoms. The number of amides is 2. The molecule has 21 heavy (non-hydrogen) atoms. The number of hydrogen-bond acceptors (Lipinski definition) is 6. The molecule has 110 valence electrons. The van der Waals surface area contributed by atoms with Gasteiger partial charge in [0.2, 0.25) is 0 Å². The summed E-state index contributed by atoms with van der Waals surface area (Å²) in [4.78, 5) is 36.2. The van der Waals surface area contributed by atoms with Crippen LogP contribution in [0.25, 0.3) is 0 Å². The van der Waals surface area contributed by atoms with Crippen LogP contribution in [0.3, 0.4) is 0 Å². The normalized spacial score (nSPS) is 15.8. The molecule has 1 aliphatic rings. The first-order chi connectivity index (χ1) is 10.3. The maximum atomic E-state index is 12.3. The van der Waals surface area contributed by atoms with Crippen LogP contribution in [0, 0.1) is 0 Å². The van der Waals surface area contributed by atoms with Crippen LogP contribution in [0.15, 0.2) is 23.2 Å². The van der Waals surface area contributed by atoms with Crippen LogP contribution >= 0.6 is 22.7 Å². The fourth-order valence-electron chi connectivity index (χ4n) is 2.25. The van der Waals surface area contributed by atoms with Gasteiger partial charge in [-0.3, -0.25) is 9.59 Å². The Labute approximate surface area is 130 Å². The van der Waals surface area contributed by atoms with Gasteiger partial charge in [0.1, 0.15) is 0 Å². The van der Waals surface area contributed by atoms with Crippen LogP contribution < -0.4 is 0 Å². The van der Waals surface area contributed by atoms with Crippen molar-refractivity contribution >= 4 is 34.5 Å². The van der Waals surface area contributed by atoms with Crippen LogP contribution in [0.4, 0.5) is 0 Å². The van der Waals surface area contributed by atoms with Crippen molar-refractivity contribution < 1.29 is 9.59 Å². The topological polar surface area (TPSA) is 66.4 Å². The summed E-state index contributed by atoms with van der Waals surface area (Å²) in [7, 11) is 0. The molecule has 1 fully saturated rings. The van der Waals surface area contributed by atoms with Crippen LogP contribution in [0.5, 0.6) is 0 Å². The zero-order valence-electron chi connectivity index (χ0n) is 11.3. The van der Waals surface area contributed by atoms with E-state index in [0.717, 1.165) is 6.42 Å². The van der Waals surface area contributed by atoms with Crippen molar-refractivity contribution in [3.63, 3.8) is 0 Å². The van der Waals surface area contributed by atoms with Gasteiger partial charge in [-0.25, -0.2) is 9.97 Å². The zero-order valence-corrected chi connectivity index (χ0v) is 12.9. The molecule has 0 saturated carbocycles. The molecule has 0 aromatic carbocycles. The molecule has 3 heterocycles. The molecular weight excluding hydrogens is 308 g/mol. The maximum absolute atomic E-state index is 12.3. The van der Waals surface area contributed by atoms with Gasteiger partial charge in [-0.1, -0.05) is 0 Å². The zero-order chi connectivity index (χ0) is 14.7. The van der Waals surface area contributed by atoms with Crippen LogP contribution in [0.1, 0.15) is 26.0 Å². The average molecular weight is 322 g/mol. The summed E-state index contributed by atoms with van der Waals surface area (Å²) in [6, 6.07) is 0. The first-order valence-electron chi connectivity index (χ1n) is 6.63. The Morgan fingerprint density at radius 1 is 0.857 bits per heavy atom. The first-order valence-corrected chi connectivity index (χ1v) is 8.39. The summed E-state index contributed by atoms with van der Waals surface area (Å²) >= 11 is 2.69. The third kappa shape index (κ3) is 3.11. The smallest absolute Gasteiger partial charge is 0.282 e. The van der Waals surface area contributed by atoms with E-state index in [-0.39, 0.29) is 11.8 Å². The lowest BCUT2D eigenvalue weighted by molar-refractivity contribution is 0.0718. The first kappa shape index (κ1) is 14.2. The van der Waals surface area contributed by atoms with E-state index in [1.165, 1.54) is 22.7 Å². The molecule has 0 bridgehead atoms. The highest BCUT2D eigenvalue weighted by Gasteiger charge is 2.25. The van der Waals surface area contributed by atoms with Crippen LogP contribution in [-0.4, -0.2) is 57.8 Å². The molecule has 2 aromatic rings. The Bertz CT molecular complexity index is 558. The highest BCUT2D eigenvalue weighted by atomic mass is 32.1. The van der Waals surface area contributed by atoms with E-state index in [2.05, 4.69) is 9.97 Å². The molecular formula is C13H14N4O2S2. The molecule has 1 aliphatic heterocycles. The summed E-state index contributed by atoms with van der Waals surface area (Å²) in [5, 5.41) is 4.61. The van der Waals surface area contributed by atoms with Gasteiger partial charge < -0.3 is 9.80 Å². The Morgan fingerprint density at radius 3 is 1.71 bits per heavy atom. The second-order valence-electron chi connectivity index (χ2n) is 4.61. The second kappa shape index (κ2) is 6.31. The lowest BCUT2D eigenvalue weighted by Crippen LogP contribution is -2.37. The van der Waals surface area contributed by atoms with Gasteiger partial charge in [0.05, 0.1) is 0 Å². The van der Waals surface area contributed by atoms with Gasteiger partial charge >= 0.3 is 0 Å². The number of nitrogens with zero attached hydrogens (tertiary/aromatic N) is 4. The minimum atomic E-state index is -0.0476. The number of thiazole rings is 2. The molecule has 2 aromatic heterocycles. The van der Waals surface area contributed by atoms with Crippen LogP contribution in [-0.2, 0) is 0 Å². The summed E-state index contributed by atoms with van der Waals surface area (Å²) in [5.41, 5.74) is 0. The van der Waals surface area contributed by atoms with E-state index in [1.54, 1.807) is 33.0 Å². The number of aromatic nitrogens is 2. The van der Waals surface area contributed by atoms with Gasteiger partial charge in [-0.2, -0.15) is 0 Å². The van der Waals surface area contributed by atoms with Gasteiger partial charge in [0, 0.05) is 49.3 Å². The van der Waals surface area contributed by atoms with E-state index in [4.69, 9.17) is 0 Å². The average Bonchev–Trinajstić information content (AvgIpc) is 3.15. The maximum Gasteiger partial charge on any atom is 0.282 e.